The fraction of sp³-hybridized carbons (Fsp3) is 0.350. The van der Waals surface area contributed by atoms with Crippen LogP contribution in [0, 0.1) is 6.92 Å². The minimum absolute atomic E-state index is 0.126. The van der Waals surface area contributed by atoms with Crippen molar-refractivity contribution in [3.05, 3.63) is 58.6 Å². The van der Waals surface area contributed by atoms with Gasteiger partial charge in [-0.25, -0.2) is 4.79 Å². The maximum Gasteiger partial charge on any atom is 0.326 e. The molecule has 24 heavy (non-hydrogen) atoms. The fourth-order valence-corrected chi connectivity index (χ4v) is 3.87. The molecule has 1 aliphatic heterocycles. The minimum atomic E-state index is -0.260. The van der Waals surface area contributed by atoms with Crippen molar-refractivity contribution in [3.8, 4) is 0 Å². The molecule has 0 aromatic heterocycles. The van der Waals surface area contributed by atoms with E-state index < -0.39 is 0 Å². The molecule has 1 atom stereocenters. The Morgan fingerprint density at radius 3 is 2.71 bits per heavy atom. The molecule has 126 valence electrons. The van der Waals surface area contributed by atoms with Crippen molar-refractivity contribution < 1.29 is 4.79 Å². The average Bonchev–Trinajstić information content (AvgIpc) is 2.47. The first kappa shape index (κ1) is 16.8. The minimum Gasteiger partial charge on any atom is -0.307 e. The summed E-state index contributed by atoms with van der Waals surface area (Å²) in [5.41, 5.74) is 3.88. The Kier molecular flexibility index (Phi) is 4.31. The zero-order valence-electron chi connectivity index (χ0n) is 14.6. The van der Waals surface area contributed by atoms with Crippen LogP contribution in [-0.4, -0.2) is 11.6 Å². The van der Waals surface area contributed by atoms with Crippen LogP contribution in [0.15, 0.2) is 42.5 Å². The highest BCUT2D eigenvalue weighted by atomic mass is 35.5. The fourth-order valence-electron chi connectivity index (χ4n) is 3.68. The molecule has 0 saturated carbocycles. The number of carbonyl (C=O) groups is 1. The molecule has 3 nitrogen and oxygen atoms in total. The average molecular weight is 343 g/mol. The zero-order chi connectivity index (χ0) is 17.5. The molecule has 1 unspecified atom stereocenters. The van der Waals surface area contributed by atoms with Gasteiger partial charge in [-0.15, -0.1) is 0 Å². The molecular formula is C20H23ClN2O. The largest absolute Gasteiger partial charge is 0.326 e. The first-order valence-electron chi connectivity index (χ1n) is 8.25. The van der Waals surface area contributed by atoms with Crippen LogP contribution < -0.4 is 10.2 Å². The van der Waals surface area contributed by atoms with Crippen LogP contribution in [0.25, 0.3) is 0 Å². The molecule has 0 fully saturated rings. The van der Waals surface area contributed by atoms with E-state index in [0.29, 0.717) is 16.6 Å². The summed E-state index contributed by atoms with van der Waals surface area (Å²) in [6, 6.07) is 13.4. The molecule has 2 aromatic carbocycles. The van der Waals surface area contributed by atoms with E-state index in [-0.39, 0.29) is 11.6 Å². The Morgan fingerprint density at radius 2 is 2.00 bits per heavy atom. The number of amides is 2. The first-order valence-corrected chi connectivity index (χ1v) is 8.63. The summed E-state index contributed by atoms with van der Waals surface area (Å²) < 4.78 is 0. The van der Waals surface area contributed by atoms with Gasteiger partial charge in [0.25, 0.3) is 0 Å². The number of carbonyl (C=O) groups excluding carboxylic acids is 1. The number of halogens is 1. The Balaban J connectivity index is 1.98. The molecule has 4 heteroatoms. The van der Waals surface area contributed by atoms with Crippen molar-refractivity contribution in [1.29, 1.82) is 0 Å². The molecule has 3 rings (SSSR count). The van der Waals surface area contributed by atoms with Crippen molar-refractivity contribution in [3.63, 3.8) is 0 Å². The number of urea groups is 1. The lowest BCUT2D eigenvalue weighted by atomic mass is 9.80. The zero-order valence-corrected chi connectivity index (χ0v) is 15.3. The highest BCUT2D eigenvalue weighted by Crippen LogP contribution is 2.43. The summed E-state index contributed by atoms with van der Waals surface area (Å²) >= 11 is 6.02. The Morgan fingerprint density at radius 1 is 1.25 bits per heavy atom. The lowest BCUT2D eigenvalue weighted by Crippen LogP contribution is -2.53. The van der Waals surface area contributed by atoms with E-state index in [1.807, 2.05) is 17.0 Å². The van der Waals surface area contributed by atoms with Gasteiger partial charge in [0.05, 0.1) is 0 Å². The number of hydrogen-bond donors (Lipinski definition) is 1. The number of hydrogen-bond acceptors (Lipinski definition) is 1. The van der Waals surface area contributed by atoms with Gasteiger partial charge in [0.15, 0.2) is 0 Å². The van der Waals surface area contributed by atoms with Gasteiger partial charge in [0.2, 0.25) is 0 Å². The molecule has 0 bridgehead atoms. The number of fused-ring (bicyclic) bond motifs is 1. The van der Waals surface area contributed by atoms with Gasteiger partial charge < -0.3 is 5.32 Å². The lowest BCUT2D eigenvalue weighted by Gasteiger charge is -2.45. The summed E-state index contributed by atoms with van der Waals surface area (Å²) in [5, 5.41) is 3.59. The quantitative estimate of drug-likeness (QED) is 0.680. The van der Waals surface area contributed by atoms with Crippen LogP contribution >= 0.6 is 11.6 Å². The predicted molar refractivity (Wildman–Crippen MR) is 101 cm³/mol. The topological polar surface area (TPSA) is 32.3 Å². The third kappa shape index (κ3) is 3.13. The summed E-state index contributed by atoms with van der Waals surface area (Å²) in [7, 11) is 0. The van der Waals surface area contributed by atoms with Crippen molar-refractivity contribution >= 4 is 29.0 Å². The molecule has 0 aliphatic carbocycles. The van der Waals surface area contributed by atoms with E-state index in [1.165, 1.54) is 11.1 Å². The van der Waals surface area contributed by atoms with Crippen molar-refractivity contribution in [2.24, 2.45) is 0 Å². The summed E-state index contributed by atoms with van der Waals surface area (Å²) in [6.45, 7) is 8.54. The van der Waals surface area contributed by atoms with E-state index in [2.05, 4.69) is 51.2 Å². The van der Waals surface area contributed by atoms with Gasteiger partial charge in [0, 0.05) is 21.9 Å². The second-order valence-corrected chi connectivity index (χ2v) is 7.69. The van der Waals surface area contributed by atoms with E-state index in [9.17, 15) is 4.79 Å². The summed E-state index contributed by atoms with van der Waals surface area (Å²) in [6.07, 6.45) is 0.923. The molecule has 0 radical (unpaired) electrons. The standard InChI is InChI=1S/C20H23ClN2O/c1-13-8-9-18-17(10-13)14(2)12-20(3,4)23(18)19(24)22-16-7-5-6-15(21)11-16/h5-11,14H,12H2,1-4H3,(H,22,24). The third-order valence-electron chi connectivity index (χ3n) is 4.64. The number of aryl methyl sites for hydroxylation is 1. The van der Waals surface area contributed by atoms with Crippen LogP contribution in [-0.2, 0) is 0 Å². The summed E-state index contributed by atoms with van der Waals surface area (Å²) in [4.78, 5) is 14.9. The normalized spacial score (nSPS) is 18.9. The van der Waals surface area contributed by atoms with Crippen LogP contribution in [0.3, 0.4) is 0 Å². The van der Waals surface area contributed by atoms with Crippen molar-refractivity contribution in [2.45, 2.75) is 45.6 Å². The Labute approximate surface area is 148 Å². The van der Waals surface area contributed by atoms with Gasteiger partial charge in [-0.05, 0) is 62.9 Å². The van der Waals surface area contributed by atoms with E-state index in [1.54, 1.807) is 12.1 Å². The van der Waals surface area contributed by atoms with Crippen LogP contribution in [0.5, 0.6) is 0 Å². The number of nitrogens with zero attached hydrogens (tertiary/aromatic N) is 1. The van der Waals surface area contributed by atoms with Crippen molar-refractivity contribution in [1.82, 2.24) is 0 Å². The van der Waals surface area contributed by atoms with Crippen LogP contribution in [0.4, 0.5) is 16.2 Å². The number of anilines is 2. The van der Waals surface area contributed by atoms with Gasteiger partial charge in [-0.3, -0.25) is 4.90 Å². The molecule has 1 N–H and O–H groups in total. The Bertz CT molecular complexity index is 785. The molecule has 2 aromatic rings. The Hall–Kier alpha value is -2.00. The lowest BCUT2D eigenvalue weighted by molar-refractivity contribution is 0.247. The summed E-state index contributed by atoms with van der Waals surface area (Å²) in [5.74, 6) is 0.421. The molecule has 1 heterocycles. The second kappa shape index (κ2) is 6.14. The molecular weight excluding hydrogens is 320 g/mol. The van der Waals surface area contributed by atoms with Crippen LogP contribution in [0.1, 0.15) is 44.2 Å². The van der Waals surface area contributed by atoms with Gasteiger partial charge >= 0.3 is 6.03 Å². The number of nitrogens with one attached hydrogen (secondary N) is 1. The van der Waals surface area contributed by atoms with E-state index in [0.717, 1.165) is 12.1 Å². The number of benzene rings is 2. The highest BCUT2D eigenvalue weighted by molar-refractivity contribution is 6.30. The smallest absolute Gasteiger partial charge is 0.307 e. The SMILES string of the molecule is Cc1ccc2c(c1)C(C)CC(C)(C)N2C(=O)Nc1cccc(Cl)c1. The van der Waals surface area contributed by atoms with Gasteiger partial charge in [-0.2, -0.15) is 0 Å². The maximum absolute atomic E-state index is 13.0. The maximum atomic E-state index is 13.0. The van der Waals surface area contributed by atoms with Crippen LogP contribution in [0.2, 0.25) is 5.02 Å². The highest BCUT2D eigenvalue weighted by Gasteiger charge is 2.40. The molecule has 0 saturated heterocycles. The first-order chi connectivity index (χ1) is 11.3. The molecule has 0 spiro atoms. The predicted octanol–water partition coefficient (Wildman–Crippen LogP) is 5.97. The molecule has 2 amide bonds. The van der Waals surface area contributed by atoms with Crippen molar-refractivity contribution in [2.75, 3.05) is 10.2 Å². The third-order valence-corrected chi connectivity index (χ3v) is 4.88. The van der Waals surface area contributed by atoms with Gasteiger partial charge in [0.1, 0.15) is 0 Å². The van der Waals surface area contributed by atoms with E-state index in [4.69, 9.17) is 11.6 Å². The second-order valence-electron chi connectivity index (χ2n) is 7.26. The van der Waals surface area contributed by atoms with E-state index >= 15 is 0 Å². The number of rotatable bonds is 1. The molecule has 1 aliphatic rings. The monoisotopic (exact) mass is 342 g/mol. The van der Waals surface area contributed by atoms with Gasteiger partial charge in [-0.1, -0.05) is 42.3 Å².